The van der Waals surface area contributed by atoms with Gasteiger partial charge in [0.15, 0.2) is 5.69 Å². The number of rotatable bonds is 4. The summed E-state index contributed by atoms with van der Waals surface area (Å²) in [6.07, 6.45) is 2.20. The van der Waals surface area contributed by atoms with Gasteiger partial charge in [-0.05, 0) is 32.4 Å². The molecule has 1 aromatic heterocycles. The topological polar surface area (TPSA) is 68.9 Å². The summed E-state index contributed by atoms with van der Waals surface area (Å²) in [5.74, 6) is 0. The van der Waals surface area contributed by atoms with Crippen molar-refractivity contribution < 1.29 is 5.11 Å². The van der Waals surface area contributed by atoms with Gasteiger partial charge in [-0.2, -0.15) is 5.26 Å². The average molecular weight is 205 g/mol. The van der Waals surface area contributed by atoms with Gasteiger partial charge >= 0.3 is 0 Å². The quantitative estimate of drug-likeness (QED) is 0.782. The fourth-order valence-corrected chi connectivity index (χ4v) is 1.30. The first-order valence-electron chi connectivity index (χ1n) is 4.83. The normalized spacial score (nSPS) is 10.8. The first kappa shape index (κ1) is 11.5. The molecule has 0 aliphatic rings. The highest BCUT2D eigenvalue weighted by Gasteiger charge is 2.18. The molecular weight excluding hydrogens is 190 g/mol. The zero-order valence-electron chi connectivity index (χ0n) is 8.99. The molecule has 0 spiro atoms. The van der Waals surface area contributed by atoms with Crippen molar-refractivity contribution in [1.82, 2.24) is 4.98 Å². The van der Waals surface area contributed by atoms with Gasteiger partial charge < -0.3 is 10.4 Å². The number of anilines is 1. The Balaban J connectivity index is 2.85. The van der Waals surface area contributed by atoms with Gasteiger partial charge in [-0.3, -0.25) is 0 Å². The molecule has 0 saturated carbocycles. The highest BCUT2D eigenvalue weighted by molar-refractivity contribution is 5.54. The van der Waals surface area contributed by atoms with Gasteiger partial charge in [0.25, 0.3) is 0 Å². The van der Waals surface area contributed by atoms with Crippen LogP contribution in [0.3, 0.4) is 0 Å². The van der Waals surface area contributed by atoms with E-state index in [-0.39, 0.29) is 12.1 Å². The summed E-state index contributed by atoms with van der Waals surface area (Å²) >= 11 is 0. The maximum absolute atomic E-state index is 8.89. The molecule has 0 aliphatic carbocycles. The molecule has 0 aliphatic heterocycles. The minimum Gasteiger partial charge on any atom is -0.396 e. The first-order valence-corrected chi connectivity index (χ1v) is 4.83. The van der Waals surface area contributed by atoms with E-state index in [1.807, 2.05) is 26.0 Å². The van der Waals surface area contributed by atoms with Crippen LogP contribution in [0.1, 0.15) is 26.0 Å². The summed E-state index contributed by atoms with van der Waals surface area (Å²) < 4.78 is 0. The molecule has 2 N–H and O–H groups in total. The van der Waals surface area contributed by atoms with Crippen LogP contribution in [0, 0.1) is 11.3 Å². The summed E-state index contributed by atoms with van der Waals surface area (Å²) in [5.41, 5.74) is 0.839. The van der Waals surface area contributed by atoms with Gasteiger partial charge in [0.1, 0.15) is 6.07 Å². The van der Waals surface area contributed by atoms with Crippen LogP contribution in [0.15, 0.2) is 18.3 Å². The molecule has 0 atom stereocenters. The third-order valence-electron chi connectivity index (χ3n) is 2.12. The molecule has 80 valence electrons. The number of hydrogen-bond donors (Lipinski definition) is 2. The van der Waals surface area contributed by atoms with E-state index in [4.69, 9.17) is 10.4 Å². The maximum Gasteiger partial charge on any atom is 0.163 e. The number of aliphatic hydroxyl groups excluding tert-OH is 1. The Morgan fingerprint density at radius 3 is 2.93 bits per heavy atom. The molecule has 0 unspecified atom stereocenters. The predicted octanol–water partition coefficient (Wildman–Crippen LogP) is 1.53. The molecule has 4 heteroatoms. The minimum absolute atomic E-state index is 0.113. The number of pyridine rings is 1. The van der Waals surface area contributed by atoms with E-state index in [2.05, 4.69) is 10.3 Å². The second-order valence-corrected chi connectivity index (χ2v) is 3.99. The summed E-state index contributed by atoms with van der Waals surface area (Å²) in [7, 11) is 0. The smallest absolute Gasteiger partial charge is 0.163 e. The Morgan fingerprint density at radius 2 is 2.33 bits per heavy atom. The van der Waals surface area contributed by atoms with E-state index in [1.54, 1.807) is 12.3 Å². The van der Waals surface area contributed by atoms with Crippen LogP contribution in [-0.2, 0) is 0 Å². The molecule has 1 aromatic rings. The standard InChI is InChI=1S/C11H15N3O/c1-11(2,5-7-15)14-9-4-3-6-13-10(9)8-12/h3-4,6,14-15H,5,7H2,1-2H3. The Labute approximate surface area is 89.6 Å². The number of hydrogen-bond acceptors (Lipinski definition) is 4. The first-order chi connectivity index (χ1) is 7.09. The molecule has 1 rings (SSSR count). The van der Waals surface area contributed by atoms with Gasteiger partial charge in [0.2, 0.25) is 0 Å². The number of aliphatic hydroxyl groups is 1. The lowest BCUT2D eigenvalue weighted by atomic mass is 10.0. The number of nitrogens with zero attached hydrogens (tertiary/aromatic N) is 2. The lowest BCUT2D eigenvalue weighted by Crippen LogP contribution is -2.32. The summed E-state index contributed by atoms with van der Waals surface area (Å²) in [4.78, 5) is 3.96. The second-order valence-electron chi connectivity index (χ2n) is 3.99. The van der Waals surface area contributed by atoms with E-state index in [0.717, 1.165) is 0 Å². The van der Waals surface area contributed by atoms with Gasteiger partial charge in [-0.15, -0.1) is 0 Å². The minimum atomic E-state index is -0.247. The molecule has 0 aromatic carbocycles. The van der Waals surface area contributed by atoms with Crippen LogP contribution in [0.25, 0.3) is 0 Å². The Morgan fingerprint density at radius 1 is 1.60 bits per heavy atom. The highest BCUT2D eigenvalue weighted by atomic mass is 16.3. The maximum atomic E-state index is 8.89. The summed E-state index contributed by atoms with van der Waals surface area (Å²) in [6, 6.07) is 5.61. The van der Waals surface area contributed by atoms with Crippen molar-refractivity contribution >= 4 is 5.69 Å². The molecular formula is C11H15N3O. The van der Waals surface area contributed by atoms with Crippen molar-refractivity contribution in [3.8, 4) is 6.07 Å². The lowest BCUT2D eigenvalue weighted by Gasteiger charge is -2.26. The third-order valence-corrected chi connectivity index (χ3v) is 2.12. The molecule has 0 amide bonds. The molecule has 15 heavy (non-hydrogen) atoms. The zero-order chi connectivity index (χ0) is 11.3. The molecule has 1 heterocycles. The fraction of sp³-hybridized carbons (Fsp3) is 0.455. The molecule has 0 fully saturated rings. The predicted molar refractivity (Wildman–Crippen MR) is 58.4 cm³/mol. The van der Waals surface area contributed by atoms with E-state index >= 15 is 0 Å². The van der Waals surface area contributed by atoms with Crippen LogP contribution in [0.5, 0.6) is 0 Å². The zero-order valence-corrected chi connectivity index (χ0v) is 8.99. The number of nitriles is 1. The van der Waals surface area contributed by atoms with E-state index in [0.29, 0.717) is 17.8 Å². The van der Waals surface area contributed by atoms with E-state index < -0.39 is 0 Å². The van der Waals surface area contributed by atoms with E-state index in [1.165, 1.54) is 0 Å². The highest BCUT2D eigenvalue weighted by Crippen LogP contribution is 2.19. The van der Waals surface area contributed by atoms with Crippen LogP contribution in [-0.4, -0.2) is 22.2 Å². The number of aromatic nitrogens is 1. The summed E-state index contributed by atoms with van der Waals surface area (Å²) in [6.45, 7) is 4.05. The average Bonchev–Trinajstić information content (AvgIpc) is 2.17. The fourth-order valence-electron chi connectivity index (χ4n) is 1.30. The van der Waals surface area contributed by atoms with Crippen molar-refractivity contribution in [2.24, 2.45) is 0 Å². The van der Waals surface area contributed by atoms with E-state index in [9.17, 15) is 0 Å². The van der Waals surface area contributed by atoms with Gasteiger partial charge in [0.05, 0.1) is 5.69 Å². The SMILES string of the molecule is CC(C)(CCO)Nc1cccnc1C#N. The molecule has 4 nitrogen and oxygen atoms in total. The van der Waals surface area contributed by atoms with Crippen LogP contribution >= 0.6 is 0 Å². The monoisotopic (exact) mass is 205 g/mol. The van der Waals surface area contributed by atoms with Crippen molar-refractivity contribution in [3.63, 3.8) is 0 Å². The van der Waals surface area contributed by atoms with Crippen molar-refractivity contribution in [1.29, 1.82) is 5.26 Å². The second kappa shape index (κ2) is 4.76. The Kier molecular flexibility index (Phi) is 3.64. The van der Waals surface area contributed by atoms with Gasteiger partial charge in [0, 0.05) is 18.3 Å². The van der Waals surface area contributed by atoms with Gasteiger partial charge in [-0.25, -0.2) is 4.98 Å². The molecule has 0 saturated heterocycles. The number of nitrogens with one attached hydrogen (secondary N) is 1. The van der Waals surface area contributed by atoms with Crippen LogP contribution in [0.4, 0.5) is 5.69 Å². The van der Waals surface area contributed by atoms with Crippen molar-refractivity contribution in [2.75, 3.05) is 11.9 Å². The van der Waals surface area contributed by atoms with Crippen LogP contribution in [0.2, 0.25) is 0 Å². The Bertz CT molecular complexity index is 368. The van der Waals surface area contributed by atoms with Crippen molar-refractivity contribution in [3.05, 3.63) is 24.0 Å². The van der Waals surface area contributed by atoms with Crippen molar-refractivity contribution in [2.45, 2.75) is 25.8 Å². The summed E-state index contributed by atoms with van der Waals surface area (Å²) in [5, 5.41) is 20.9. The molecule has 0 bridgehead atoms. The largest absolute Gasteiger partial charge is 0.396 e. The lowest BCUT2D eigenvalue weighted by molar-refractivity contribution is 0.261. The molecule has 0 radical (unpaired) electrons. The Hall–Kier alpha value is -1.60. The van der Waals surface area contributed by atoms with Crippen LogP contribution < -0.4 is 5.32 Å². The third kappa shape index (κ3) is 3.22. The van der Waals surface area contributed by atoms with Gasteiger partial charge in [-0.1, -0.05) is 0 Å².